The fourth-order valence-corrected chi connectivity index (χ4v) is 2.26. The molecular formula is C11H13BrN2OS. The first kappa shape index (κ1) is 13.2. The summed E-state index contributed by atoms with van der Waals surface area (Å²) < 4.78 is 12.0. The summed E-state index contributed by atoms with van der Waals surface area (Å²) in [4.78, 5) is 0. The highest BCUT2D eigenvalue weighted by molar-refractivity contribution is 9.10. The van der Waals surface area contributed by atoms with Crippen molar-refractivity contribution in [2.75, 3.05) is 23.4 Å². The van der Waals surface area contributed by atoms with E-state index < -0.39 is 10.8 Å². The van der Waals surface area contributed by atoms with Crippen molar-refractivity contribution in [1.82, 2.24) is 0 Å². The van der Waals surface area contributed by atoms with Crippen LogP contribution in [0.5, 0.6) is 0 Å². The smallest absolute Gasteiger partial charge is 0.100 e. The van der Waals surface area contributed by atoms with Crippen LogP contribution in [0, 0.1) is 11.3 Å². The van der Waals surface area contributed by atoms with Crippen LogP contribution in [0.3, 0.4) is 0 Å². The summed E-state index contributed by atoms with van der Waals surface area (Å²) in [6.45, 7) is 2.59. The van der Waals surface area contributed by atoms with E-state index in [4.69, 9.17) is 5.26 Å². The lowest BCUT2D eigenvalue weighted by Gasteiger charge is -2.06. The molecule has 0 bridgehead atoms. The molecule has 3 nitrogen and oxygen atoms in total. The molecule has 0 saturated heterocycles. The molecule has 1 aromatic rings. The van der Waals surface area contributed by atoms with Crippen molar-refractivity contribution in [2.24, 2.45) is 0 Å². The number of hydrogen-bond acceptors (Lipinski definition) is 3. The van der Waals surface area contributed by atoms with Crippen molar-refractivity contribution in [3.63, 3.8) is 0 Å². The predicted octanol–water partition coefficient (Wildman–Crippen LogP) is 2.50. The highest BCUT2D eigenvalue weighted by Gasteiger charge is 2.00. The summed E-state index contributed by atoms with van der Waals surface area (Å²) in [5.41, 5.74) is 1.54. The van der Waals surface area contributed by atoms with Gasteiger partial charge in [0.25, 0.3) is 0 Å². The zero-order valence-electron chi connectivity index (χ0n) is 9.00. The maximum Gasteiger partial charge on any atom is 0.100 e. The summed E-state index contributed by atoms with van der Waals surface area (Å²) in [5, 5.41) is 11.9. The maximum atomic E-state index is 11.2. The summed E-state index contributed by atoms with van der Waals surface area (Å²) in [6, 6.07) is 7.54. The molecule has 0 saturated carbocycles. The quantitative estimate of drug-likeness (QED) is 0.909. The monoisotopic (exact) mass is 300 g/mol. The van der Waals surface area contributed by atoms with Crippen LogP contribution in [0.1, 0.15) is 12.5 Å². The minimum absolute atomic E-state index is 0.614. The standard InChI is InChI=1S/C11H13BrN2OS/c1-2-16(15)6-5-14-10-4-3-9(8-13)11(12)7-10/h3-4,7,14H,2,5-6H2,1H3. The lowest BCUT2D eigenvalue weighted by molar-refractivity contribution is 0.684. The molecule has 5 heteroatoms. The number of nitriles is 1. The van der Waals surface area contributed by atoms with E-state index >= 15 is 0 Å². The molecule has 0 aliphatic heterocycles. The first-order valence-corrected chi connectivity index (χ1v) is 7.24. The normalized spacial score (nSPS) is 11.8. The van der Waals surface area contributed by atoms with Crippen molar-refractivity contribution < 1.29 is 4.21 Å². The molecule has 0 radical (unpaired) electrons. The van der Waals surface area contributed by atoms with E-state index in [1.54, 1.807) is 6.07 Å². The molecule has 1 atom stereocenters. The fraction of sp³-hybridized carbons (Fsp3) is 0.364. The Morgan fingerprint density at radius 3 is 2.88 bits per heavy atom. The minimum Gasteiger partial charge on any atom is -0.384 e. The fourth-order valence-electron chi connectivity index (χ4n) is 1.17. The number of nitrogens with zero attached hydrogens (tertiary/aromatic N) is 1. The number of benzene rings is 1. The molecule has 0 aliphatic rings. The Morgan fingerprint density at radius 2 is 2.31 bits per heavy atom. The first-order chi connectivity index (χ1) is 7.67. The largest absolute Gasteiger partial charge is 0.384 e. The van der Waals surface area contributed by atoms with Gasteiger partial charge in [-0.3, -0.25) is 4.21 Å². The molecule has 0 fully saturated rings. The number of rotatable bonds is 5. The number of halogens is 1. The third-order valence-corrected chi connectivity index (χ3v) is 4.03. The van der Waals surface area contributed by atoms with Crippen LogP contribution in [0.4, 0.5) is 5.69 Å². The van der Waals surface area contributed by atoms with E-state index in [1.165, 1.54) is 0 Å². The van der Waals surface area contributed by atoms with Gasteiger partial charge in [-0.1, -0.05) is 6.92 Å². The van der Waals surface area contributed by atoms with Crippen molar-refractivity contribution in [1.29, 1.82) is 5.26 Å². The van der Waals surface area contributed by atoms with Crippen LogP contribution >= 0.6 is 15.9 Å². The van der Waals surface area contributed by atoms with Crippen molar-refractivity contribution in [2.45, 2.75) is 6.92 Å². The van der Waals surface area contributed by atoms with E-state index in [2.05, 4.69) is 27.3 Å². The molecule has 0 spiro atoms. The molecule has 0 heterocycles. The third kappa shape index (κ3) is 3.95. The van der Waals surface area contributed by atoms with Gasteiger partial charge in [-0.15, -0.1) is 0 Å². The van der Waals surface area contributed by atoms with E-state index in [1.807, 2.05) is 19.1 Å². The van der Waals surface area contributed by atoms with E-state index in [-0.39, 0.29) is 0 Å². The molecular weight excluding hydrogens is 288 g/mol. The number of hydrogen-bond donors (Lipinski definition) is 1. The number of anilines is 1. The van der Waals surface area contributed by atoms with Gasteiger partial charge in [0.2, 0.25) is 0 Å². The van der Waals surface area contributed by atoms with Crippen LogP contribution in [0.15, 0.2) is 22.7 Å². The van der Waals surface area contributed by atoms with Gasteiger partial charge in [0.05, 0.1) is 5.56 Å². The minimum atomic E-state index is -0.739. The topological polar surface area (TPSA) is 52.9 Å². The van der Waals surface area contributed by atoms with E-state index in [0.717, 1.165) is 10.2 Å². The molecule has 0 aromatic heterocycles. The summed E-state index contributed by atoms with van der Waals surface area (Å²) in [6.07, 6.45) is 0. The van der Waals surface area contributed by atoms with Crippen molar-refractivity contribution >= 4 is 32.4 Å². The lowest BCUT2D eigenvalue weighted by atomic mass is 10.2. The van der Waals surface area contributed by atoms with Gasteiger partial charge in [0.1, 0.15) is 6.07 Å². The van der Waals surface area contributed by atoms with Gasteiger partial charge in [-0.05, 0) is 34.1 Å². The lowest BCUT2D eigenvalue weighted by Crippen LogP contribution is -2.11. The third-order valence-electron chi connectivity index (χ3n) is 2.07. The van der Waals surface area contributed by atoms with Gasteiger partial charge in [-0.2, -0.15) is 5.26 Å². The van der Waals surface area contributed by atoms with E-state index in [0.29, 0.717) is 23.6 Å². The highest BCUT2D eigenvalue weighted by Crippen LogP contribution is 2.20. The molecule has 0 amide bonds. The molecule has 0 aliphatic carbocycles. The van der Waals surface area contributed by atoms with Gasteiger partial charge in [0, 0.05) is 39.0 Å². The molecule has 1 N–H and O–H groups in total. The van der Waals surface area contributed by atoms with Crippen LogP contribution in [-0.4, -0.2) is 22.3 Å². The van der Waals surface area contributed by atoms with Crippen LogP contribution in [-0.2, 0) is 10.8 Å². The molecule has 1 unspecified atom stereocenters. The summed E-state index contributed by atoms with van der Waals surface area (Å²) >= 11 is 3.32. The van der Waals surface area contributed by atoms with Crippen LogP contribution in [0.25, 0.3) is 0 Å². The molecule has 16 heavy (non-hydrogen) atoms. The average molecular weight is 301 g/mol. The second-order valence-corrected chi connectivity index (χ2v) is 5.89. The SMILES string of the molecule is CCS(=O)CCNc1ccc(C#N)c(Br)c1. The summed E-state index contributed by atoms with van der Waals surface area (Å²) in [7, 11) is -0.739. The second-order valence-electron chi connectivity index (χ2n) is 3.17. The zero-order valence-corrected chi connectivity index (χ0v) is 11.4. The number of nitrogens with one attached hydrogen (secondary N) is 1. The molecule has 1 rings (SSSR count). The van der Waals surface area contributed by atoms with Crippen molar-refractivity contribution in [3.05, 3.63) is 28.2 Å². The van der Waals surface area contributed by atoms with Gasteiger partial charge in [0.15, 0.2) is 0 Å². The average Bonchev–Trinajstić information content (AvgIpc) is 2.29. The zero-order chi connectivity index (χ0) is 12.0. The Kier molecular flexibility index (Phi) is 5.50. The van der Waals surface area contributed by atoms with E-state index in [9.17, 15) is 4.21 Å². The van der Waals surface area contributed by atoms with Gasteiger partial charge in [-0.25, -0.2) is 0 Å². The Balaban J connectivity index is 2.53. The Morgan fingerprint density at radius 1 is 1.56 bits per heavy atom. The highest BCUT2D eigenvalue weighted by atomic mass is 79.9. The Labute approximate surface area is 106 Å². The van der Waals surface area contributed by atoms with Crippen LogP contribution < -0.4 is 5.32 Å². The maximum absolute atomic E-state index is 11.2. The molecule has 1 aromatic carbocycles. The molecule has 86 valence electrons. The van der Waals surface area contributed by atoms with Crippen molar-refractivity contribution in [3.8, 4) is 6.07 Å². The second kappa shape index (κ2) is 6.66. The van der Waals surface area contributed by atoms with Crippen LogP contribution in [0.2, 0.25) is 0 Å². The van der Waals surface area contributed by atoms with Gasteiger partial charge < -0.3 is 5.32 Å². The Hall–Kier alpha value is -0.860. The van der Waals surface area contributed by atoms with Gasteiger partial charge >= 0.3 is 0 Å². The Bertz CT molecular complexity index is 428. The summed E-state index contributed by atoms with van der Waals surface area (Å²) in [5.74, 6) is 1.34. The predicted molar refractivity (Wildman–Crippen MR) is 70.9 cm³/mol. The first-order valence-electron chi connectivity index (χ1n) is 4.96.